The maximum atomic E-state index is 5.38. The van der Waals surface area contributed by atoms with Crippen molar-refractivity contribution in [2.45, 2.75) is 20.4 Å². The monoisotopic (exact) mass is 215 g/mol. The molecule has 0 saturated heterocycles. The second kappa shape index (κ2) is 6.38. The molecule has 0 radical (unpaired) electrons. The highest BCUT2D eigenvalue weighted by Gasteiger charge is 1.86. The summed E-state index contributed by atoms with van der Waals surface area (Å²) in [5.74, 6) is 0. The van der Waals surface area contributed by atoms with E-state index in [0.29, 0.717) is 6.54 Å². The van der Waals surface area contributed by atoms with E-state index in [1.807, 2.05) is 38.1 Å². The number of rotatable bonds is 1. The van der Waals surface area contributed by atoms with Crippen molar-refractivity contribution in [3.63, 3.8) is 0 Å². The molecule has 11 heavy (non-hydrogen) atoms. The molecule has 0 unspecified atom stereocenters. The zero-order valence-electron chi connectivity index (χ0n) is 6.97. The highest BCUT2D eigenvalue weighted by molar-refractivity contribution is 9.10. The Labute approximate surface area is 76.7 Å². The van der Waals surface area contributed by atoms with Crippen LogP contribution >= 0.6 is 15.9 Å². The Bertz CT molecular complexity index is 181. The second-order valence-electron chi connectivity index (χ2n) is 1.83. The van der Waals surface area contributed by atoms with Crippen molar-refractivity contribution >= 4 is 15.9 Å². The lowest BCUT2D eigenvalue weighted by molar-refractivity contribution is 1.07. The lowest BCUT2D eigenvalue weighted by atomic mass is 10.2. The summed E-state index contributed by atoms with van der Waals surface area (Å²) >= 11 is 3.33. The zero-order chi connectivity index (χ0) is 8.69. The third kappa shape index (κ3) is 4.17. The van der Waals surface area contributed by atoms with Crippen molar-refractivity contribution in [2.75, 3.05) is 0 Å². The quantitative estimate of drug-likeness (QED) is 0.767. The van der Waals surface area contributed by atoms with Gasteiger partial charge in [-0.3, -0.25) is 0 Å². The van der Waals surface area contributed by atoms with Gasteiger partial charge in [0.2, 0.25) is 0 Å². The molecule has 0 aliphatic rings. The van der Waals surface area contributed by atoms with E-state index in [9.17, 15) is 0 Å². The van der Waals surface area contributed by atoms with E-state index < -0.39 is 0 Å². The summed E-state index contributed by atoms with van der Waals surface area (Å²) in [5.41, 5.74) is 6.55. The van der Waals surface area contributed by atoms with Gasteiger partial charge in [-0.05, 0) is 17.7 Å². The fraction of sp³-hybridized carbons (Fsp3) is 0.333. The van der Waals surface area contributed by atoms with Crippen molar-refractivity contribution in [2.24, 2.45) is 5.73 Å². The van der Waals surface area contributed by atoms with E-state index in [0.717, 1.165) is 4.47 Å². The third-order valence-electron chi connectivity index (χ3n) is 1.15. The zero-order valence-corrected chi connectivity index (χ0v) is 8.56. The number of benzene rings is 1. The van der Waals surface area contributed by atoms with E-state index in [4.69, 9.17) is 5.73 Å². The Morgan fingerprint density at radius 1 is 1.18 bits per heavy atom. The summed E-state index contributed by atoms with van der Waals surface area (Å²) in [5, 5.41) is 0. The number of hydrogen-bond acceptors (Lipinski definition) is 1. The lowest BCUT2D eigenvalue weighted by Gasteiger charge is -1.93. The maximum absolute atomic E-state index is 5.38. The van der Waals surface area contributed by atoms with Crippen LogP contribution in [0.25, 0.3) is 0 Å². The molecule has 62 valence electrons. The lowest BCUT2D eigenvalue weighted by Crippen LogP contribution is -1.94. The minimum Gasteiger partial charge on any atom is -0.326 e. The van der Waals surface area contributed by atoms with Gasteiger partial charge in [-0.2, -0.15) is 0 Å². The molecule has 0 aliphatic carbocycles. The maximum Gasteiger partial charge on any atom is 0.0178 e. The molecule has 0 heterocycles. The van der Waals surface area contributed by atoms with Crippen LogP contribution in [-0.4, -0.2) is 0 Å². The molecular formula is C9H14BrN. The molecule has 0 bridgehead atoms. The molecule has 0 saturated carbocycles. The Morgan fingerprint density at radius 2 is 1.64 bits per heavy atom. The van der Waals surface area contributed by atoms with Gasteiger partial charge in [0.25, 0.3) is 0 Å². The summed E-state index contributed by atoms with van der Waals surface area (Å²) in [7, 11) is 0. The van der Waals surface area contributed by atoms with E-state index >= 15 is 0 Å². The van der Waals surface area contributed by atoms with Gasteiger partial charge in [0.15, 0.2) is 0 Å². The number of nitrogens with two attached hydrogens (primary N) is 1. The molecule has 0 fully saturated rings. The summed E-state index contributed by atoms with van der Waals surface area (Å²) in [6, 6.07) is 7.98. The minimum absolute atomic E-state index is 0.618. The van der Waals surface area contributed by atoms with Crippen LogP contribution in [0, 0.1) is 0 Å². The average molecular weight is 216 g/mol. The van der Waals surface area contributed by atoms with Gasteiger partial charge in [0.1, 0.15) is 0 Å². The highest BCUT2D eigenvalue weighted by Crippen LogP contribution is 2.09. The molecule has 0 atom stereocenters. The predicted octanol–water partition coefficient (Wildman–Crippen LogP) is 2.93. The first-order valence-corrected chi connectivity index (χ1v) is 4.57. The summed E-state index contributed by atoms with van der Waals surface area (Å²) < 4.78 is 1.10. The molecule has 1 aromatic carbocycles. The molecule has 0 aliphatic heterocycles. The van der Waals surface area contributed by atoms with Crippen LogP contribution in [0.3, 0.4) is 0 Å². The highest BCUT2D eigenvalue weighted by atomic mass is 79.9. The molecular weight excluding hydrogens is 202 g/mol. The standard InChI is InChI=1S/C7H8BrN.C2H6/c8-7-3-1-6(5-9)2-4-7;1-2/h1-4H,5,9H2;1-2H3. The van der Waals surface area contributed by atoms with Crippen molar-refractivity contribution in [1.82, 2.24) is 0 Å². The van der Waals surface area contributed by atoms with Gasteiger partial charge >= 0.3 is 0 Å². The molecule has 0 amide bonds. The number of halogens is 1. The van der Waals surface area contributed by atoms with Crippen LogP contribution in [0.5, 0.6) is 0 Å². The Balaban J connectivity index is 0.000000461. The molecule has 1 nitrogen and oxygen atoms in total. The third-order valence-corrected chi connectivity index (χ3v) is 1.68. The van der Waals surface area contributed by atoms with Crippen LogP contribution in [0.4, 0.5) is 0 Å². The minimum atomic E-state index is 0.618. The number of hydrogen-bond donors (Lipinski definition) is 1. The van der Waals surface area contributed by atoms with E-state index in [1.54, 1.807) is 0 Å². The van der Waals surface area contributed by atoms with Gasteiger partial charge < -0.3 is 5.73 Å². The van der Waals surface area contributed by atoms with E-state index in [-0.39, 0.29) is 0 Å². The van der Waals surface area contributed by atoms with E-state index in [2.05, 4.69) is 15.9 Å². The molecule has 1 aromatic rings. The van der Waals surface area contributed by atoms with Crippen molar-refractivity contribution in [1.29, 1.82) is 0 Å². The van der Waals surface area contributed by atoms with Crippen LogP contribution < -0.4 is 5.73 Å². The molecule has 0 aromatic heterocycles. The van der Waals surface area contributed by atoms with E-state index in [1.165, 1.54) is 5.56 Å². The first kappa shape index (κ1) is 10.7. The fourth-order valence-corrected chi connectivity index (χ4v) is 0.885. The Morgan fingerprint density at radius 3 is 2.00 bits per heavy atom. The molecule has 2 heteroatoms. The van der Waals surface area contributed by atoms with Crippen molar-refractivity contribution < 1.29 is 0 Å². The van der Waals surface area contributed by atoms with Gasteiger partial charge in [-0.1, -0.05) is 41.9 Å². The fourth-order valence-electron chi connectivity index (χ4n) is 0.620. The Hall–Kier alpha value is -0.340. The van der Waals surface area contributed by atoms with Gasteiger partial charge in [-0.25, -0.2) is 0 Å². The van der Waals surface area contributed by atoms with Crippen LogP contribution in [-0.2, 0) is 6.54 Å². The van der Waals surface area contributed by atoms with Crippen LogP contribution in [0.15, 0.2) is 28.7 Å². The van der Waals surface area contributed by atoms with Crippen molar-refractivity contribution in [3.8, 4) is 0 Å². The first-order valence-electron chi connectivity index (χ1n) is 3.77. The smallest absolute Gasteiger partial charge is 0.0178 e. The van der Waals surface area contributed by atoms with Gasteiger partial charge in [0, 0.05) is 11.0 Å². The summed E-state index contributed by atoms with van der Waals surface area (Å²) in [4.78, 5) is 0. The first-order chi connectivity index (χ1) is 5.33. The normalized spacial score (nSPS) is 8.36. The molecule has 2 N–H and O–H groups in total. The van der Waals surface area contributed by atoms with Gasteiger partial charge in [-0.15, -0.1) is 0 Å². The van der Waals surface area contributed by atoms with Crippen LogP contribution in [0.1, 0.15) is 19.4 Å². The van der Waals surface area contributed by atoms with Crippen LogP contribution in [0.2, 0.25) is 0 Å². The second-order valence-corrected chi connectivity index (χ2v) is 2.75. The summed E-state index contributed by atoms with van der Waals surface area (Å²) in [6.07, 6.45) is 0. The molecule has 1 rings (SSSR count). The topological polar surface area (TPSA) is 26.0 Å². The van der Waals surface area contributed by atoms with Gasteiger partial charge in [0.05, 0.1) is 0 Å². The largest absolute Gasteiger partial charge is 0.326 e. The molecule has 0 spiro atoms. The predicted molar refractivity (Wildman–Crippen MR) is 53.4 cm³/mol. The SMILES string of the molecule is CC.NCc1ccc(Br)cc1. The Kier molecular flexibility index (Phi) is 6.18. The van der Waals surface area contributed by atoms with Crippen molar-refractivity contribution in [3.05, 3.63) is 34.3 Å². The summed E-state index contributed by atoms with van der Waals surface area (Å²) in [6.45, 7) is 4.62. The average Bonchev–Trinajstić information content (AvgIpc) is 2.10.